The summed E-state index contributed by atoms with van der Waals surface area (Å²) < 4.78 is 26.8. The van der Waals surface area contributed by atoms with Gasteiger partial charge < -0.3 is 10.8 Å². The minimum absolute atomic E-state index is 0.184. The second-order valence-electron chi connectivity index (χ2n) is 5.51. The van der Waals surface area contributed by atoms with Gasteiger partial charge in [-0.25, -0.2) is 8.42 Å². The Balaban J connectivity index is 2.22. The number of nitrogen functional groups attached to an aromatic ring is 1. The summed E-state index contributed by atoms with van der Waals surface area (Å²) in [6, 6.07) is 4.95. The van der Waals surface area contributed by atoms with Gasteiger partial charge in [0.25, 0.3) is 0 Å². The predicted molar refractivity (Wildman–Crippen MR) is 78.8 cm³/mol. The number of nitrogens with zero attached hydrogens (tertiary/aromatic N) is 1. The molecular weight excluding hydrogens is 276 g/mol. The minimum Gasteiger partial charge on any atom is -0.399 e. The van der Waals surface area contributed by atoms with Crippen molar-refractivity contribution < 1.29 is 13.5 Å². The van der Waals surface area contributed by atoms with E-state index in [0.29, 0.717) is 37.2 Å². The number of hydrogen-bond acceptors (Lipinski definition) is 4. The molecule has 6 heteroatoms. The lowest BCUT2D eigenvalue weighted by molar-refractivity contribution is 0.0912. The molecule has 1 heterocycles. The maximum absolute atomic E-state index is 12.6. The quantitative estimate of drug-likeness (QED) is 0.825. The zero-order valence-electron chi connectivity index (χ0n) is 11.9. The molecule has 3 N–H and O–H groups in total. The summed E-state index contributed by atoms with van der Waals surface area (Å²) in [5.41, 5.74) is 6.86. The van der Waals surface area contributed by atoms with Crippen LogP contribution in [0.3, 0.4) is 0 Å². The van der Waals surface area contributed by atoms with Crippen molar-refractivity contribution >= 4 is 15.7 Å². The first kappa shape index (κ1) is 15.3. The molecule has 1 unspecified atom stereocenters. The van der Waals surface area contributed by atoms with E-state index in [9.17, 15) is 13.5 Å². The average molecular weight is 298 g/mol. The number of nitrogens with two attached hydrogens (primary N) is 1. The minimum atomic E-state index is -3.49. The molecule has 0 amide bonds. The fourth-order valence-corrected chi connectivity index (χ4v) is 4.36. The molecule has 1 saturated heterocycles. The molecule has 1 atom stereocenters. The first-order valence-corrected chi connectivity index (χ1v) is 8.30. The van der Waals surface area contributed by atoms with Crippen LogP contribution in [0.15, 0.2) is 23.1 Å². The highest BCUT2D eigenvalue weighted by atomic mass is 32.2. The molecule has 1 aromatic rings. The van der Waals surface area contributed by atoms with Gasteiger partial charge in [-0.3, -0.25) is 0 Å². The lowest BCUT2D eigenvalue weighted by Crippen LogP contribution is -2.40. The van der Waals surface area contributed by atoms with Gasteiger partial charge in [0.1, 0.15) is 0 Å². The summed E-state index contributed by atoms with van der Waals surface area (Å²) in [7, 11) is -3.49. The van der Waals surface area contributed by atoms with Gasteiger partial charge in [-0.2, -0.15) is 4.31 Å². The number of aliphatic hydroxyl groups is 1. The monoisotopic (exact) mass is 298 g/mol. The van der Waals surface area contributed by atoms with Crippen LogP contribution in [0.1, 0.15) is 25.3 Å². The van der Waals surface area contributed by atoms with Crippen LogP contribution in [0.2, 0.25) is 0 Å². The van der Waals surface area contributed by atoms with Crippen molar-refractivity contribution in [2.24, 2.45) is 5.92 Å². The fourth-order valence-electron chi connectivity index (χ4n) is 2.63. The molecule has 0 spiro atoms. The number of aryl methyl sites for hydroxylation is 1. The number of anilines is 1. The molecule has 20 heavy (non-hydrogen) atoms. The van der Waals surface area contributed by atoms with Crippen molar-refractivity contribution in [3.05, 3.63) is 23.8 Å². The zero-order valence-corrected chi connectivity index (χ0v) is 12.7. The summed E-state index contributed by atoms with van der Waals surface area (Å²) in [6.45, 7) is 4.43. The van der Waals surface area contributed by atoms with Gasteiger partial charge >= 0.3 is 0 Å². The number of benzene rings is 1. The molecule has 5 nitrogen and oxygen atoms in total. The van der Waals surface area contributed by atoms with Gasteiger partial charge in [0.05, 0.1) is 11.0 Å². The topological polar surface area (TPSA) is 83.6 Å². The van der Waals surface area contributed by atoms with E-state index in [1.807, 2.05) is 0 Å². The summed E-state index contributed by atoms with van der Waals surface area (Å²) in [5, 5.41) is 9.58. The van der Waals surface area contributed by atoms with E-state index in [-0.39, 0.29) is 16.9 Å². The predicted octanol–water partition coefficient (Wildman–Crippen LogP) is 1.36. The van der Waals surface area contributed by atoms with E-state index in [1.54, 1.807) is 26.0 Å². The van der Waals surface area contributed by atoms with Crippen LogP contribution in [0.25, 0.3) is 0 Å². The molecule has 1 aliphatic rings. The second kappa shape index (κ2) is 5.71. The second-order valence-corrected chi connectivity index (χ2v) is 7.41. The number of rotatable bonds is 3. The van der Waals surface area contributed by atoms with Crippen molar-refractivity contribution in [1.29, 1.82) is 0 Å². The Morgan fingerprint density at radius 2 is 1.95 bits per heavy atom. The summed E-state index contributed by atoms with van der Waals surface area (Å²) >= 11 is 0. The van der Waals surface area contributed by atoms with Crippen molar-refractivity contribution in [2.75, 3.05) is 18.8 Å². The Hall–Kier alpha value is -1.11. The molecule has 0 aliphatic carbocycles. The normalized spacial score (nSPS) is 19.9. The Bertz CT molecular complexity index is 576. The van der Waals surface area contributed by atoms with Crippen LogP contribution in [0, 0.1) is 12.8 Å². The van der Waals surface area contributed by atoms with Crippen LogP contribution < -0.4 is 5.73 Å². The molecule has 0 aromatic heterocycles. The largest absolute Gasteiger partial charge is 0.399 e. The van der Waals surface area contributed by atoms with Gasteiger partial charge in [-0.15, -0.1) is 0 Å². The van der Waals surface area contributed by atoms with Crippen LogP contribution in [-0.2, 0) is 10.0 Å². The molecule has 1 aliphatic heterocycles. The molecule has 2 rings (SSSR count). The van der Waals surface area contributed by atoms with Crippen LogP contribution in [0.5, 0.6) is 0 Å². The van der Waals surface area contributed by atoms with Crippen molar-refractivity contribution in [3.63, 3.8) is 0 Å². The zero-order chi connectivity index (χ0) is 14.9. The molecule has 1 fully saturated rings. The third kappa shape index (κ3) is 2.97. The number of piperidine rings is 1. The summed E-state index contributed by atoms with van der Waals surface area (Å²) in [5.74, 6) is 0.184. The van der Waals surface area contributed by atoms with Crippen molar-refractivity contribution in [1.82, 2.24) is 4.31 Å². The highest BCUT2D eigenvalue weighted by Gasteiger charge is 2.31. The maximum atomic E-state index is 12.6. The highest BCUT2D eigenvalue weighted by molar-refractivity contribution is 7.89. The van der Waals surface area contributed by atoms with E-state index in [2.05, 4.69) is 0 Å². The third-order valence-electron chi connectivity index (χ3n) is 4.01. The summed E-state index contributed by atoms with van der Waals surface area (Å²) in [6.07, 6.45) is 1.00. The molecule has 0 saturated carbocycles. The summed E-state index contributed by atoms with van der Waals surface area (Å²) in [4.78, 5) is 0.285. The van der Waals surface area contributed by atoms with Crippen molar-refractivity contribution in [3.8, 4) is 0 Å². The van der Waals surface area contributed by atoms with E-state index in [4.69, 9.17) is 5.73 Å². The first-order valence-electron chi connectivity index (χ1n) is 6.86. The highest BCUT2D eigenvalue weighted by Crippen LogP contribution is 2.28. The number of sulfonamides is 1. The van der Waals surface area contributed by atoms with Crippen LogP contribution >= 0.6 is 0 Å². The molecular formula is C14H22N2O3S. The number of hydrogen-bond donors (Lipinski definition) is 2. The van der Waals surface area contributed by atoms with E-state index >= 15 is 0 Å². The Kier molecular flexibility index (Phi) is 4.36. The van der Waals surface area contributed by atoms with E-state index in [1.165, 1.54) is 10.4 Å². The third-order valence-corrected chi connectivity index (χ3v) is 6.05. The van der Waals surface area contributed by atoms with Gasteiger partial charge in [0, 0.05) is 18.8 Å². The van der Waals surface area contributed by atoms with E-state index < -0.39 is 10.0 Å². The first-order chi connectivity index (χ1) is 9.32. The van der Waals surface area contributed by atoms with Gasteiger partial charge in [0.15, 0.2) is 0 Å². The standard InChI is InChI=1S/C14H22N2O3S/c1-10-3-4-13(15)9-14(10)20(18,19)16-7-5-12(6-8-16)11(2)17/h3-4,9,11-12,17H,5-8,15H2,1-2H3. The SMILES string of the molecule is Cc1ccc(N)cc1S(=O)(=O)N1CCC(C(C)O)CC1. The smallest absolute Gasteiger partial charge is 0.243 e. The van der Waals surface area contributed by atoms with Crippen LogP contribution in [-0.4, -0.2) is 37.0 Å². The number of aliphatic hydroxyl groups excluding tert-OH is 1. The Morgan fingerprint density at radius 3 is 2.50 bits per heavy atom. The lowest BCUT2D eigenvalue weighted by Gasteiger charge is -2.32. The maximum Gasteiger partial charge on any atom is 0.243 e. The Morgan fingerprint density at radius 1 is 1.35 bits per heavy atom. The molecule has 0 radical (unpaired) electrons. The average Bonchev–Trinajstić information content (AvgIpc) is 2.41. The van der Waals surface area contributed by atoms with Crippen molar-refractivity contribution in [2.45, 2.75) is 37.7 Å². The van der Waals surface area contributed by atoms with E-state index in [0.717, 1.165) is 0 Å². The lowest BCUT2D eigenvalue weighted by atomic mass is 9.93. The van der Waals surface area contributed by atoms with Crippen LogP contribution in [0.4, 0.5) is 5.69 Å². The van der Waals surface area contributed by atoms with Gasteiger partial charge in [-0.05, 0) is 50.3 Å². The Labute approximate surface area is 120 Å². The molecule has 0 bridgehead atoms. The fraction of sp³-hybridized carbons (Fsp3) is 0.571. The molecule has 112 valence electrons. The van der Waals surface area contributed by atoms with Gasteiger partial charge in [0.2, 0.25) is 10.0 Å². The van der Waals surface area contributed by atoms with Gasteiger partial charge in [-0.1, -0.05) is 6.07 Å². The molecule has 1 aromatic carbocycles.